The molecule has 2 aromatic carbocycles. The molecule has 2 fully saturated rings. The van der Waals surface area contributed by atoms with Gasteiger partial charge in [0, 0.05) is 37.1 Å². The van der Waals surface area contributed by atoms with Gasteiger partial charge in [-0.1, -0.05) is 29.3 Å². The van der Waals surface area contributed by atoms with Gasteiger partial charge in [-0.25, -0.2) is 23.1 Å². The Bertz CT molecular complexity index is 1560. The second kappa shape index (κ2) is 9.38. The van der Waals surface area contributed by atoms with E-state index in [2.05, 4.69) is 36.1 Å². The molecular weight excluding hydrogens is 508 g/mol. The van der Waals surface area contributed by atoms with Crippen molar-refractivity contribution >= 4 is 38.5 Å². The van der Waals surface area contributed by atoms with E-state index in [0.29, 0.717) is 43.5 Å². The highest BCUT2D eigenvalue weighted by Crippen LogP contribution is 2.41. The molecular formula is C27H29ClN6O2S. The highest BCUT2D eigenvalue weighted by molar-refractivity contribution is 7.89. The summed E-state index contributed by atoms with van der Waals surface area (Å²) in [6.07, 6.45) is 2.88. The number of hydrogen-bond donors (Lipinski definition) is 0. The van der Waals surface area contributed by atoms with Crippen molar-refractivity contribution in [2.75, 3.05) is 31.1 Å². The average molecular weight is 537 g/mol. The van der Waals surface area contributed by atoms with E-state index < -0.39 is 10.0 Å². The standard InChI is InChI=1S/C27H29ClN6O2S/c1-18-4-10-22(11-5-18)34-27-24(19(2)31-34)26(29-25(30-27)20-6-7-20)32-14-3-15-33(17-16-32)37(35,36)23-12-8-21(28)9-13-23/h4-5,8-13,20H,3,6-7,14-17H2,1-2H3. The highest BCUT2D eigenvalue weighted by atomic mass is 35.5. The molecule has 1 aliphatic carbocycles. The minimum atomic E-state index is -3.61. The predicted octanol–water partition coefficient (Wildman–Crippen LogP) is 4.86. The molecule has 0 N–H and O–H groups in total. The van der Waals surface area contributed by atoms with E-state index in [1.165, 1.54) is 5.56 Å². The molecule has 1 saturated carbocycles. The first-order valence-corrected chi connectivity index (χ1v) is 14.5. The van der Waals surface area contributed by atoms with Gasteiger partial charge in [0.15, 0.2) is 5.65 Å². The highest BCUT2D eigenvalue weighted by Gasteiger charge is 2.32. The zero-order chi connectivity index (χ0) is 25.7. The SMILES string of the molecule is Cc1ccc(-n2nc(C)c3c(N4CCCN(S(=O)(=O)c5ccc(Cl)cc5)CC4)nc(C4CC4)nc32)cc1. The molecule has 0 radical (unpaired) electrons. The Morgan fingerprint density at radius 2 is 1.62 bits per heavy atom. The molecule has 8 nitrogen and oxygen atoms in total. The van der Waals surface area contributed by atoms with Gasteiger partial charge in [-0.3, -0.25) is 0 Å². The quantitative estimate of drug-likeness (QED) is 0.362. The van der Waals surface area contributed by atoms with Crippen LogP contribution in [0.1, 0.15) is 42.3 Å². The Morgan fingerprint density at radius 3 is 2.32 bits per heavy atom. The summed E-state index contributed by atoms with van der Waals surface area (Å²) in [7, 11) is -3.61. The van der Waals surface area contributed by atoms with Crippen molar-refractivity contribution < 1.29 is 8.42 Å². The molecule has 3 heterocycles. The third-order valence-electron chi connectivity index (χ3n) is 7.13. The summed E-state index contributed by atoms with van der Waals surface area (Å²) < 4.78 is 30.1. The molecule has 10 heteroatoms. The van der Waals surface area contributed by atoms with E-state index >= 15 is 0 Å². The van der Waals surface area contributed by atoms with Crippen molar-refractivity contribution in [3.63, 3.8) is 0 Å². The van der Waals surface area contributed by atoms with Gasteiger partial charge in [-0.2, -0.15) is 9.40 Å². The zero-order valence-electron chi connectivity index (χ0n) is 20.9. The Balaban J connectivity index is 1.36. The first kappa shape index (κ1) is 24.3. The molecule has 1 saturated heterocycles. The lowest BCUT2D eigenvalue weighted by molar-refractivity contribution is 0.433. The molecule has 1 aliphatic heterocycles. The molecule has 2 aliphatic rings. The van der Waals surface area contributed by atoms with E-state index in [1.807, 2.05) is 11.6 Å². The smallest absolute Gasteiger partial charge is 0.243 e. The lowest BCUT2D eigenvalue weighted by atomic mass is 10.2. The molecule has 4 aromatic rings. The number of fused-ring (bicyclic) bond motifs is 1. The number of anilines is 1. The molecule has 0 unspecified atom stereocenters. The molecule has 2 aromatic heterocycles. The van der Waals surface area contributed by atoms with Crippen LogP contribution in [-0.4, -0.2) is 58.7 Å². The number of rotatable bonds is 5. The van der Waals surface area contributed by atoms with Crippen LogP contribution in [0.25, 0.3) is 16.7 Å². The second-order valence-electron chi connectivity index (χ2n) is 9.91. The van der Waals surface area contributed by atoms with Crippen molar-refractivity contribution in [3.05, 3.63) is 70.6 Å². The van der Waals surface area contributed by atoms with E-state index in [-0.39, 0.29) is 4.90 Å². The summed E-state index contributed by atoms with van der Waals surface area (Å²) in [5, 5.41) is 6.31. The lowest BCUT2D eigenvalue weighted by Gasteiger charge is -2.24. The van der Waals surface area contributed by atoms with Crippen LogP contribution >= 0.6 is 11.6 Å². The molecule has 0 amide bonds. The lowest BCUT2D eigenvalue weighted by Crippen LogP contribution is -2.35. The zero-order valence-corrected chi connectivity index (χ0v) is 22.5. The van der Waals surface area contributed by atoms with Gasteiger partial charge in [0.2, 0.25) is 10.0 Å². The van der Waals surface area contributed by atoms with Crippen LogP contribution in [-0.2, 0) is 10.0 Å². The molecule has 0 atom stereocenters. The van der Waals surface area contributed by atoms with Gasteiger partial charge >= 0.3 is 0 Å². The van der Waals surface area contributed by atoms with E-state index in [9.17, 15) is 8.42 Å². The van der Waals surface area contributed by atoms with Crippen molar-refractivity contribution in [1.82, 2.24) is 24.1 Å². The third kappa shape index (κ3) is 4.60. The fraction of sp³-hybridized carbons (Fsp3) is 0.370. The Labute approximate surface area is 221 Å². The fourth-order valence-electron chi connectivity index (χ4n) is 4.90. The first-order chi connectivity index (χ1) is 17.8. The fourth-order valence-corrected chi connectivity index (χ4v) is 6.49. The Kier molecular flexibility index (Phi) is 6.17. The third-order valence-corrected chi connectivity index (χ3v) is 9.29. The first-order valence-electron chi connectivity index (χ1n) is 12.7. The Hall–Kier alpha value is -3.01. The van der Waals surface area contributed by atoms with Crippen LogP contribution in [0.15, 0.2) is 53.4 Å². The number of halogens is 1. The number of nitrogens with zero attached hydrogens (tertiary/aromatic N) is 6. The number of sulfonamides is 1. The van der Waals surface area contributed by atoms with E-state index in [1.54, 1.807) is 28.6 Å². The largest absolute Gasteiger partial charge is 0.355 e. The normalized spacial score (nSPS) is 17.3. The molecule has 192 valence electrons. The summed E-state index contributed by atoms with van der Waals surface area (Å²) >= 11 is 5.97. The van der Waals surface area contributed by atoms with Crippen LogP contribution in [0.3, 0.4) is 0 Å². The summed E-state index contributed by atoms with van der Waals surface area (Å²) in [6, 6.07) is 14.6. The van der Waals surface area contributed by atoms with Gasteiger partial charge in [0.05, 0.1) is 21.7 Å². The topological polar surface area (TPSA) is 84.2 Å². The van der Waals surface area contributed by atoms with Crippen molar-refractivity contribution in [3.8, 4) is 5.69 Å². The number of aryl methyl sites for hydroxylation is 2. The monoisotopic (exact) mass is 536 g/mol. The van der Waals surface area contributed by atoms with Gasteiger partial charge in [-0.15, -0.1) is 0 Å². The Morgan fingerprint density at radius 1 is 0.892 bits per heavy atom. The van der Waals surface area contributed by atoms with E-state index in [0.717, 1.165) is 46.9 Å². The summed E-state index contributed by atoms with van der Waals surface area (Å²) in [5.74, 6) is 2.08. The van der Waals surface area contributed by atoms with Crippen LogP contribution in [0.4, 0.5) is 5.82 Å². The van der Waals surface area contributed by atoms with Crippen molar-refractivity contribution in [2.24, 2.45) is 0 Å². The van der Waals surface area contributed by atoms with Gasteiger partial charge < -0.3 is 4.90 Å². The maximum absolute atomic E-state index is 13.3. The minimum absolute atomic E-state index is 0.265. The maximum atomic E-state index is 13.3. The average Bonchev–Trinajstić information content (AvgIpc) is 3.71. The van der Waals surface area contributed by atoms with Crippen LogP contribution in [0.2, 0.25) is 5.02 Å². The maximum Gasteiger partial charge on any atom is 0.243 e. The van der Waals surface area contributed by atoms with Crippen LogP contribution in [0.5, 0.6) is 0 Å². The minimum Gasteiger partial charge on any atom is -0.355 e. The van der Waals surface area contributed by atoms with Gasteiger partial charge in [0.25, 0.3) is 0 Å². The van der Waals surface area contributed by atoms with Crippen LogP contribution < -0.4 is 4.90 Å². The van der Waals surface area contributed by atoms with Crippen molar-refractivity contribution in [1.29, 1.82) is 0 Å². The van der Waals surface area contributed by atoms with Crippen molar-refractivity contribution in [2.45, 2.75) is 43.9 Å². The van der Waals surface area contributed by atoms with Gasteiger partial charge in [0.1, 0.15) is 11.6 Å². The van der Waals surface area contributed by atoms with Crippen LogP contribution in [0, 0.1) is 13.8 Å². The van der Waals surface area contributed by atoms with E-state index in [4.69, 9.17) is 26.7 Å². The number of benzene rings is 2. The van der Waals surface area contributed by atoms with Gasteiger partial charge in [-0.05, 0) is 69.5 Å². The number of aromatic nitrogens is 4. The summed E-state index contributed by atoms with van der Waals surface area (Å²) in [5.41, 5.74) is 3.82. The second-order valence-corrected chi connectivity index (χ2v) is 12.3. The summed E-state index contributed by atoms with van der Waals surface area (Å²) in [4.78, 5) is 12.5. The molecule has 0 bridgehead atoms. The number of hydrogen-bond acceptors (Lipinski definition) is 6. The molecule has 0 spiro atoms. The molecule has 6 rings (SSSR count). The molecule has 37 heavy (non-hydrogen) atoms. The summed E-state index contributed by atoms with van der Waals surface area (Å²) in [6.45, 7) is 6.13. The predicted molar refractivity (Wildman–Crippen MR) is 145 cm³/mol.